The molecule has 0 saturated carbocycles. The van der Waals surface area contributed by atoms with Crippen LogP contribution in [0.1, 0.15) is 21.9 Å². The molecule has 0 amide bonds. The van der Waals surface area contributed by atoms with E-state index in [1.165, 1.54) is 6.26 Å². The van der Waals surface area contributed by atoms with Gasteiger partial charge in [0, 0.05) is 5.39 Å². The Morgan fingerprint density at radius 1 is 1.18 bits per heavy atom. The van der Waals surface area contributed by atoms with E-state index in [0.717, 1.165) is 10.9 Å². The van der Waals surface area contributed by atoms with Crippen LogP contribution in [0.25, 0.3) is 11.0 Å². The first-order valence-electron chi connectivity index (χ1n) is 5.33. The third-order valence-corrected chi connectivity index (χ3v) is 2.72. The van der Waals surface area contributed by atoms with Crippen molar-refractivity contribution in [3.63, 3.8) is 0 Å². The summed E-state index contributed by atoms with van der Waals surface area (Å²) in [5.74, 6) is 0.428. The lowest BCUT2D eigenvalue weighted by Gasteiger charge is -1.93. The SMILES string of the molecule is Cc1ccoc1C(=O)c1cc2ccccc2o1. The van der Waals surface area contributed by atoms with E-state index < -0.39 is 0 Å². The summed E-state index contributed by atoms with van der Waals surface area (Å²) in [5.41, 5.74) is 1.52. The van der Waals surface area contributed by atoms with Gasteiger partial charge in [0.05, 0.1) is 6.26 Å². The van der Waals surface area contributed by atoms with Gasteiger partial charge in [0.1, 0.15) is 5.58 Å². The summed E-state index contributed by atoms with van der Waals surface area (Å²) in [6.07, 6.45) is 1.51. The summed E-state index contributed by atoms with van der Waals surface area (Å²) in [6.45, 7) is 1.83. The van der Waals surface area contributed by atoms with Gasteiger partial charge in [0.15, 0.2) is 11.5 Å². The zero-order valence-corrected chi connectivity index (χ0v) is 9.27. The van der Waals surface area contributed by atoms with Gasteiger partial charge in [-0.05, 0) is 30.7 Å². The molecule has 0 aliphatic carbocycles. The monoisotopic (exact) mass is 226 g/mol. The first-order valence-corrected chi connectivity index (χ1v) is 5.33. The maximum absolute atomic E-state index is 12.1. The van der Waals surface area contributed by atoms with Gasteiger partial charge in [-0.25, -0.2) is 0 Å². The van der Waals surface area contributed by atoms with Crippen LogP contribution in [-0.4, -0.2) is 5.78 Å². The van der Waals surface area contributed by atoms with Crippen molar-refractivity contribution in [2.75, 3.05) is 0 Å². The molecule has 0 N–H and O–H groups in total. The Bertz CT molecular complexity index is 655. The average Bonchev–Trinajstić information content (AvgIpc) is 2.93. The molecule has 84 valence electrons. The Morgan fingerprint density at radius 3 is 2.71 bits per heavy atom. The minimum absolute atomic E-state index is 0.219. The van der Waals surface area contributed by atoms with Crippen LogP contribution in [0.4, 0.5) is 0 Å². The third-order valence-electron chi connectivity index (χ3n) is 2.72. The first-order chi connectivity index (χ1) is 8.25. The highest BCUT2D eigenvalue weighted by atomic mass is 16.4. The van der Waals surface area contributed by atoms with Gasteiger partial charge < -0.3 is 8.83 Å². The number of fused-ring (bicyclic) bond motifs is 1. The summed E-state index contributed by atoms with van der Waals surface area (Å²) in [5, 5.41) is 0.917. The lowest BCUT2D eigenvalue weighted by Crippen LogP contribution is -1.99. The van der Waals surface area contributed by atoms with E-state index in [2.05, 4.69) is 0 Å². The third kappa shape index (κ3) is 1.56. The zero-order valence-electron chi connectivity index (χ0n) is 9.27. The lowest BCUT2D eigenvalue weighted by molar-refractivity contribution is 0.0984. The maximum Gasteiger partial charge on any atom is 0.263 e. The fraction of sp³-hybridized carbons (Fsp3) is 0.0714. The normalized spacial score (nSPS) is 10.9. The highest BCUT2D eigenvalue weighted by Gasteiger charge is 2.19. The summed E-state index contributed by atoms with van der Waals surface area (Å²) >= 11 is 0. The minimum Gasteiger partial charge on any atom is -0.460 e. The van der Waals surface area contributed by atoms with Crippen LogP contribution in [0.2, 0.25) is 0 Å². The van der Waals surface area contributed by atoms with Crippen molar-refractivity contribution in [1.82, 2.24) is 0 Å². The van der Waals surface area contributed by atoms with E-state index in [0.29, 0.717) is 17.1 Å². The van der Waals surface area contributed by atoms with Gasteiger partial charge in [-0.15, -0.1) is 0 Å². The van der Waals surface area contributed by atoms with Gasteiger partial charge in [-0.2, -0.15) is 0 Å². The number of benzene rings is 1. The van der Waals surface area contributed by atoms with Gasteiger partial charge in [-0.1, -0.05) is 18.2 Å². The molecule has 3 nitrogen and oxygen atoms in total. The highest BCUT2D eigenvalue weighted by Crippen LogP contribution is 2.22. The summed E-state index contributed by atoms with van der Waals surface area (Å²) in [6, 6.07) is 11.0. The Labute approximate surface area is 97.7 Å². The summed E-state index contributed by atoms with van der Waals surface area (Å²) in [7, 11) is 0. The molecule has 0 fully saturated rings. The molecule has 0 bridgehead atoms. The van der Waals surface area contributed by atoms with Crippen LogP contribution in [0.3, 0.4) is 0 Å². The molecule has 1 aromatic carbocycles. The largest absolute Gasteiger partial charge is 0.460 e. The number of hydrogen-bond acceptors (Lipinski definition) is 3. The van der Waals surface area contributed by atoms with Crippen LogP contribution in [0.15, 0.2) is 51.5 Å². The smallest absolute Gasteiger partial charge is 0.263 e. The number of para-hydroxylation sites is 1. The van der Waals surface area contributed by atoms with Crippen molar-refractivity contribution in [1.29, 1.82) is 0 Å². The van der Waals surface area contributed by atoms with Gasteiger partial charge in [0.2, 0.25) is 0 Å². The van der Waals surface area contributed by atoms with E-state index in [1.54, 1.807) is 12.1 Å². The second-order valence-corrected chi connectivity index (χ2v) is 3.91. The molecule has 0 saturated heterocycles. The van der Waals surface area contributed by atoms with E-state index in [1.807, 2.05) is 31.2 Å². The number of aryl methyl sites for hydroxylation is 1. The molecule has 0 unspecified atom stereocenters. The number of rotatable bonds is 2. The van der Waals surface area contributed by atoms with Crippen molar-refractivity contribution in [3.05, 3.63) is 59.7 Å². The summed E-state index contributed by atoms with van der Waals surface area (Å²) in [4.78, 5) is 12.1. The maximum atomic E-state index is 12.1. The zero-order chi connectivity index (χ0) is 11.8. The Balaban J connectivity index is 2.10. The van der Waals surface area contributed by atoms with Crippen molar-refractivity contribution in [2.45, 2.75) is 6.92 Å². The average molecular weight is 226 g/mol. The predicted octanol–water partition coefficient (Wildman–Crippen LogP) is 3.57. The second-order valence-electron chi connectivity index (χ2n) is 3.91. The van der Waals surface area contributed by atoms with E-state index in [-0.39, 0.29) is 5.78 Å². The molecular weight excluding hydrogens is 216 g/mol. The number of carbonyl (C=O) groups excluding carboxylic acids is 1. The molecule has 0 radical (unpaired) electrons. The van der Waals surface area contributed by atoms with Crippen LogP contribution < -0.4 is 0 Å². The van der Waals surface area contributed by atoms with Crippen molar-refractivity contribution >= 4 is 16.8 Å². The van der Waals surface area contributed by atoms with Crippen molar-refractivity contribution in [3.8, 4) is 0 Å². The first kappa shape index (κ1) is 9.90. The molecule has 3 heteroatoms. The fourth-order valence-electron chi connectivity index (χ4n) is 1.81. The molecule has 0 atom stereocenters. The molecule has 0 spiro atoms. The number of hydrogen-bond donors (Lipinski definition) is 0. The Kier molecular flexibility index (Phi) is 2.11. The van der Waals surface area contributed by atoms with Crippen LogP contribution in [-0.2, 0) is 0 Å². The second kappa shape index (κ2) is 3.63. The van der Waals surface area contributed by atoms with Gasteiger partial charge in [0.25, 0.3) is 5.78 Å². The minimum atomic E-state index is -0.219. The Hall–Kier alpha value is -2.29. The van der Waals surface area contributed by atoms with Crippen molar-refractivity contribution in [2.24, 2.45) is 0 Å². The number of furan rings is 2. The van der Waals surface area contributed by atoms with Gasteiger partial charge in [-0.3, -0.25) is 4.79 Å². The molecule has 3 rings (SSSR count). The molecular formula is C14H10O3. The Morgan fingerprint density at radius 2 is 2.00 bits per heavy atom. The van der Waals surface area contributed by atoms with Crippen LogP contribution >= 0.6 is 0 Å². The van der Waals surface area contributed by atoms with E-state index in [9.17, 15) is 4.79 Å². The molecule has 0 aliphatic rings. The number of carbonyl (C=O) groups is 1. The molecule has 17 heavy (non-hydrogen) atoms. The van der Waals surface area contributed by atoms with Gasteiger partial charge >= 0.3 is 0 Å². The number of ketones is 1. The lowest BCUT2D eigenvalue weighted by atomic mass is 10.1. The standard InChI is InChI=1S/C14H10O3/c1-9-6-7-16-14(9)13(15)12-8-10-4-2-3-5-11(10)17-12/h2-8H,1H3. The molecule has 0 aliphatic heterocycles. The van der Waals surface area contributed by atoms with E-state index in [4.69, 9.17) is 8.83 Å². The summed E-state index contributed by atoms with van der Waals surface area (Å²) < 4.78 is 10.7. The van der Waals surface area contributed by atoms with Crippen molar-refractivity contribution < 1.29 is 13.6 Å². The van der Waals surface area contributed by atoms with Crippen LogP contribution in [0.5, 0.6) is 0 Å². The van der Waals surface area contributed by atoms with Crippen LogP contribution in [0, 0.1) is 6.92 Å². The predicted molar refractivity (Wildman–Crippen MR) is 63.1 cm³/mol. The molecule has 3 aromatic rings. The quantitative estimate of drug-likeness (QED) is 0.627. The molecule has 2 aromatic heterocycles. The highest BCUT2D eigenvalue weighted by molar-refractivity contribution is 6.08. The molecule has 2 heterocycles. The fourth-order valence-corrected chi connectivity index (χ4v) is 1.81. The topological polar surface area (TPSA) is 43.4 Å². The van der Waals surface area contributed by atoms with E-state index >= 15 is 0 Å².